The molecule has 0 bridgehead atoms. The van der Waals surface area contributed by atoms with Crippen molar-refractivity contribution in [3.63, 3.8) is 0 Å². The monoisotopic (exact) mass is 370 g/mol. The van der Waals surface area contributed by atoms with E-state index in [0.717, 1.165) is 21.9 Å². The number of anilines is 1. The van der Waals surface area contributed by atoms with Gasteiger partial charge in [-0.1, -0.05) is 30.3 Å². The number of ether oxygens (including phenoxy) is 1. The van der Waals surface area contributed by atoms with Gasteiger partial charge in [0.05, 0.1) is 24.6 Å². The van der Waals surface area contributed by atoms with Gasteiger partial charge in [-0.3, -0.25) is 9.59 Å². The van der Waals surface area contributed by atoms with Gasteiger partial charge in [-0.05, 0) is 25.1 Å². The molecule has 0 spiro atoms. The van der Waals surface area contributed by atoms with E-state index in [9.17, 15) is 9.59 Å². The molecule has 6 heteroatoms. The number of thioether (sulfide) groups is 1. The number of hydrogen-bond acceptors (Lipinski definition) is 4. The summed E-state index contributed by atoms with van der Waals surface area (Å²) in [5.41, 5.74) is 1.74. The summed E-state index contributed by atoms with van der Waals surface area (Å²) >= 11 is 1.51. The molecule has 2 amide bonds. The van der Waals surface area contributed by atoms with Gasteiger partial charge in [-0.15, -0.1) is 11.8 Å². The van der Waals surface area contributed by atoms with Crippen molar-refractivity contribution in [3.05, 3.63) is 54.1 Å². The van der Waals surface area contributed by atoms with Gasteiger partial charge >= 0.3 is 0 Å². The molecule has 2 aromatic carbocycles. The normalized spacial score (nSPS) is 14.6. The first-order valence-electron chi connectivity index (χ1n) is 8.43. The minimum atomic E-state index is -0.164. The predicted octanol–water partition coefficient (Wildman–Crippen LogP) is 3.35. The van der Waals surface area contributed by atoms with Crippen LogP contribution in [0.5, 0.6) is 5.75 Å². The maximum Gasteiger partial charge on any atom is 0.242 e. The molecule has 0 radical (unpaired) electrons. The Hall–Kier alpha value is -2.47. The molecule has 2 aromatic rings. The van der Waals surface area contributed by atoms with Gasteiger partial charge in [0, 0.05) is 17.5 Å². The zero-order valence-electron chi connectivity index (χ0n) is 15.1. The first kappa shape index (κ1) is 18.3. The summed E-state index contributed by atoms with van der Waals surface area (Å²) in [5.74, 6) is 0.949. The fraction of sp³-hybridized carbons (Fsp3) is 0.300. The average Bonchev–Trinajstić information content (AvgIpc) is 2.68. The summed E-state index contributed by atoms with van der Waals surface area (Å²) in [6, 6.07) is 15.2. The Morgan fingerprint density at radius 2 is 1.92 bits per heavy atom. The van der Waals surface area contributed by atoms with Crippen LogP contribution >= 0.6 is 11.8 Å². The minimum absolute atomic E-state index is 0.0341. The number of methoxy groups -OCH3 is 1. The molecule has 1 atom stereocenters. The number of likely N-dealkylation sites (N-methyl/N-ethyl adjacent to an activating group) is 1. The zero-order valence-corrected chi connectivity index (χ0v) is 16.0. The van der Waals surface area contributed by atoms with Crippen LogP contribution in [0.15, 0.2) is 53.4 Å². The fourth-order valence-electron chi connectivity index (χ4n) is 3.01. The standard InChI is InChI=1S/C20H22N2O3S/c1-14(15-8-4-6-10-17(15)25-3)21(2)19(23)12-22-16-9-5-7-11-18(16)26-13-20(22)24/h4-11,14H,12-13H2,1-3H3/t14-/m0/s1. The van der Waals surface area contributed by atoms with E-state index in [2.05, 4.69) is 0 Å². The number of para-hydroxylation sites is 2. The SMILES string of the molecule is COc1ccccc1[C@H](C)N(C)C(=O)CN1C(=O)CSc2ccccc21. The molecule has 0 aromatic heterocycles. The van der Waals surface area contributed by atoms with Crippen LogP contribution in [0.25, 0.3) is 0 Å². The second-order valence-electron chi connectivity index (χ2n) is 6.16. The number of amides is 2. The zero-order chi connectivity index (χ0) is 18.7. The maximum absolute atomic E-state index is 12.9. The summed E-state index contributed by atoms with van der Waals surface area (Å²) in [4.78, 5) is 29.5. The number of benzene rings is 2. The van der Waals surface area contributed by atoms with Gasteiger partial charge in [0.15, 0.2) is 0 Å². The summed E-state index contributed by atoms with van der Waals surface area (Å²) in [6.07, 6.45) is 0. The van der Waals surface area contributed by atoms with E-state index in [4.69, 9.17) is 4.74 Å². The highest BCUT2D eigenvalue weighted by Gasteiger charge is 2.29. The lowest BCUT2D eigenvalue weighted by atomic mass is 10.1. The largest absolute Gasteiger partial charge is 0.496 e. The molecule has 26 heavy (non-hydrogen) atoms. The van der Waals surface area contributed by atoms with Crippen molar-refractivity contribution in [3.8, 4) is 5.75 Å². The molecule has 1 aliphatic rings. The van der Waals surface area contributed by atoms with Gasteiger partial charge in [-0.2, -0.15) is 0 Å². The first-order chi connectivity index (χ1) is 12.5. The fourth-order valence-corrected chi connectivity index (χ4v) is 3.95. The van der Waals surface area contributed by atoms with Crippen LogP contribution in [0.1, 0.15) is 18.5 Å². The van der Waals surface area contributed by atoms with Crippen molar-refractivity contribution in [2.24, 2.45) is 0 Å². The number of fused-ring (bicyclic) bond motifs is 1. The van der Waals surface area contributed by atoms with E-state index in [1.807, 2.05) is 55.5 Å². The summed E-state index contributed by atoms with van der Waals surface area (Å²) in [5, 5.41) is 0. The molecule has 0 N–H and O–H groups in total. The van der Waals surface area contributed by atoms with Crippen LogP contribution in [0.3, 0.4) is 0 Å². The van der Waals surface area contributed by atoms with Gasteiger partial charge in [0.25, 0.3) is 0 Å². The Morgan fingerprint density at radius 3 is 2.69 bits per heavy atom. The van der Waals surface area contributed by atoms with Crippen LogP contribution in [0.2, 0.25) is 0 Å². The van der Waals surface area contributed by atoms with Crippen LogP contribution in [0, 0.1) is 0 Å². The molecule has 3 rings (SSSR count). The van der Waals surface area contributed by atoms with E-state index in [1.54, 1.807) is 24.0 Å². The highest BCUT2D eigenvalue weighted by Crippen LogP contribution is 2.35. The number of hydrogen-bond donors (Lipinski definition) is 0. The number of rotatable bonds is 5. The molecule has 0 aliphatic carbocycles. The van der Waals surface area contributed by atoms with Crippen LogP contribution in [-0.2, 0) is 9.59 Å². The molecule has 136 valence electrons. The molecule has 1 aliphatic heterocycles. The summed E-state index contributed by atoms with van der Waals surface area (Å²) < 4.78 is 5.40. The van der Waals surface area contributed by atoms with Gasteiger partial charge in [0.2, 0.25) is 11.8 Å². The molecule has 0 unspecified atom stereocenters. The topological polar surface area (TPSA) is 49.9 Å². The maximum atomic E-state index is 12.9. The van der Waals surface area contributed by atoms with E-state index in [0.29, 0.717) is 5.75 Å². The third kappa shape index (κ3) is 3.55. The lowest BCUT2D eigenvalue weighted by molar-refractivity contribution is -0.131. The molecular weight excluding hydrogens is 348 g/mol. The van der Waals surface area contributed by atoms with Crippen LogP contribution < -0.4 is 9.64 Å². The van der Waals surface area contributed by atoms with Crippen molar-refractivity contribution >= 4 is 29.3 Å². The molecular formula is C20H22N2O3S. The van der Waals surface area contributed by atoms with Crippen molar-refractivity contribution in [1.29, 1.82) is 0 Å². The minimum Gasteiger partial charge on any atom is -0.496 e. The van der Waals surface area contributed by atoms with Gasteiger partial charge < -0.3 is 14.5 Å². The predicted molar refractivity (Wildman–Crippen MR) is 104 cm³/mol. The Kier molecular flexibility index (Phi) is 5.52. The quantitative estimate of drug-likeness (QED) is 0.810. The Morgan fingerprint density at radius 1 is 1.23 bits per heavy atom. The Bertz CT molecular complexity index is 824. The van der Waals surface area contributed by atoms with E-state index in [1.165, 1.54) is 11.8 Å². The smallest absolute Gasteiger partial charge is 0.242 e. The van der Waals surface area contributed by atoms with Gasteiger partial charge in [0.1, 0.15) is 12.3 Å². The van der Waals surface area contributed by atoms with Crippen molar-refractivity contribution in [2.75, 3.05) is 31.4 Å². The summed E-state index contributed by atoms with van der Waals surface area (Å²) in [7, 11) is 3.38. The van der Waals surface area contributed by atoms with Crippen molar-refractivity contribution in [1.82, 2.24) is 4.90 Å². The molecule has 0 saturated heterocycles. The second kappa shape index (κ2) is 7.83. The molecule has 0 fully saturated rings. The molecule has 0 saturated carbocycles. The third-order valence-electron chi connectivity index (χ3n) is 4.66. The van der Waals surface area contributed by atoms with Crippen LogP contribution in [-0.4, -0.2) is 43.2 Å². The first-order valence-corrected chi connectivity index (χ1v) is 9.42. The lowest BCUT2D eigenvalue weighted by Gasteiger charge is -2.32. The third-order valence-corrected chi connectivity index (χ3v) is 5.71. The van der Waals surface area contributed by atoms with Crippen molar-refractivity contribution in [2.45, 2.75) is 17.9 Å². The van der Waals surface area contributed by atoms with Crippen LogP contribution in [0.4, 0.5) is 5.69 Å². The number of carbonyl (C=O) groups is 2. The Balaban J connectivity index is 1.78. The van der Waals surface area contributed by atoms with Crippen molar-refractivity contribution < 1.29 is 14.3 Å². The van der Waals surface area contributed by atoms with E-state index in [-0.39, 0.29) is 24.4 Å². The second-order valence-corrected chi connectivity index (χ2v) is 7.18. The number of carbonyl (C=O) groups excluding carboxylic acids is 2. The Labute approximate surface area is 157 Å². The average molecular weight is 370 g/mol. The van der Waals surface area contributed by atoms with E-state index >= 15 is 0 Å². The van der Waals surface area contributed by atoms with Gasteiger partial charge in [-0.25, -0.2) is 0 Å². The molecule has 5 nitrogen and oxygen atoms in total. The highest BCUT2D eigenvalue weighted by molar-refractivity contribution is 8.00. The molecule has 1 heterocycles. The lowest BCUT2D eigenvalue weighted by Crippen LogP contribution is -2.44. The number of nitrogens with zero attached hydrogens (tertiary/aromatic N) is 2. The summed E-state index contributed by atoms with van der Waals surface area (Å²) in [6.45, 7) is 1.99. The van der Waals surface area contributed by atoms with E-state index < -0.39 is 0 Å². The highest BCUT2D eigenvalue weighted by atomic mass is 32.2.